The van der Waals surface area contributed by atoms with Crippen LogP contribution >= 0.6 is 0 Å². The number of halogens is 1. The molecule has 1 rings (SSSR count). The van der Waals surface area contributed by atoms with Gasteiger partial charge in [-0.15, -0.1) is 0 Å². The van der Waals surface area contributed by atoms with Gasteiger partial charge in [0.15, 0.2) is 0 Å². The second-order valence-corrected chi connectivity index (χ2v) is 13.7. The van der Waals surface area contributed by atoms with Gasteiger partial charge < -0.3 is 22.3 Å². The highest BCUT2D eigenvalue weighted by Gasteiger charge is 2.17. The van der Waals surface area contributed by atoms with Crippen LogP contribution < -0.4 is 17.0 Å². The van der Waals surface area contributed by atoms with Crippen LogP contribution in [0.4, 0.5) is 0 Å². The van der Waals surface area contributed by atoms with Crippen LogP contribution in [0, 0.1) is 0 Å². The maximum Gasteiger partial charge on any atom is 0.305 e. The molecule has 0 spiro atoms. The number of carbonyl (C=O) groups excluding carboxylic acids is 1. The fourth-order valence-corrected chi connectivity index (χ4v) is 6.32. The van der Waals surface area contributed by atoms with Gasteiger partial charge in [-0.3, -0.25) is 4.79 Å². The standard InChI is InChI=1S/C42H77N2O3.ClH/c1-3-5-7-9-11-13-15-17-19-21-23-25-27-29-31-33-41-43(37-39-45)35-36-44(41)38-40-47-42(46)34-32-30-28-26-24-22-20-18-16-14-12-10-8-6-4-2;/h17-20,35-36,45H,3-16,21-34,37-40H2,1-2H3;1H/q+1;/p-1/b19-17-,20-18-;. The number of nitrogens with zero attached hydrogens (tertiary/aromatic N) is 2. The van der Waals surface area contributed by atoms with Crippen molar-refractivity contribution in [2.75, 3.05) is 13.2 Å². The molecule has 5 nitrogen and oxygen atoms in total. The molecule has 1 aromatic heterocycles. The average Bonchev–Trinajstić information content (AvgIpc) is 3.45. The van der Waals surface area contributed by atoms with Crippen LogP contribution in [0.5, 0.6) is 0 Å². The van der Waals surface area contributed by atoms with Crippen molar-refractivity contribution in [2.45, 2.75) is 207 Å². The molecule has 0 radical (unpaired) electrons. The molecule has 0 unspecified atom stereocenters. The molecule has 0 bridgehead atoms. The number of unbranched alkanes of at least 4 members (excludes halogenated alkanes) is 22. The third kappa shape index (κ3) is 28.3. The van der Waals surface area contributed by atoms with Crippen molar-refractivity contribution in [1.82, 2.24) is 4.57 Å². The number of imidazole rings is 1. The first-order valence-corrected chi connectivity index (χ1v) is 20.4. The van der Waals surface area contributed by atoms with Crippen LogP contribution in [0.15, 0.2) is 36.7 Å². The number of aromatic nitrogens is 2. The summed E-state index contributed by atoms with van der Waals surface area (Å²) in [6.07, 6.45) is 48.5. The number of carbonyl (C=O) groups is 1. The molecular formula is C42H77ClN2O3. The van der Waals surface area contributed by atoms with Gasteiger partial charge in [-0.2, -0.15) is 0 Å². The molecule has 0 saturated carbocycles. The summed E-state index contributed by atoms with van der Waals surface area (Å²) in [5.74, 6) is 1.15. The number of aliphatic hydroxyl groups is 1. The van der Waals surface area contributed by atoms with Gasteiger partial charge in [-0.05, 0) is 64.2 Å². The molecule has 48 heavy (non-hydrogen) atoms. The van der Waals surface area contributed by atoms with Crippen molar-refractivity contribution >= 4 is 5.97 Å². The summed E-state index contributed by atoms with van der Waals surface area (Å²) in [6.45, 7) is 6.39. The third-order valence-electron chi connectivity index (χ3n) is 9.33. The molecule has 6 heteroatoms. The minimum Gasteiger partial charge on any atom is -1.00 e. The van der Waals surface area contributed by atoms with Crippen LogP contribution in [0.1, 0.15) is 193 Å². The number of aliphatic hydroxyl groups excluding tert-OH is 1. The molecule has 0 saturated heterocycles. The molecule has 1 heterocycles. The summed E-state index contributed by atoms with van der Waals surface area (Å²) < 4.78 is 9.95. The second-order valence-electron chi connectivity index (χ2n) is 13.7. The van der Waals surface area contributed by atoms with E-state index < -0.39 is 0 Å². The Bertz CT molecular complexity index is 882. The van der Waals surface area contributed by atoms with E-state index in [1.807, 2.05) is 0 Å². The minimum absolute atomic E-state index is 0. The largest absolute Gasteiger partial charge is 1.00 e. The Balaban J connectivity index is 0.0000221. The van der Waals surface area contributed by atoms with E-state index in [2.05, 4.69) is 59.7 Å². The molecule has 0 atom stereocenters. The lowest BCUT2D eigenvalue weighted by Gasteiger charge is -2.07. The van der Waals surface area contributed by atoms with Gasteiger partial charge >= 0.3 is 5.97 Å². The van der Waals surface area contributed by atoms with E-state index in [1.165, 1.54) is 154 Å². The Morgan fingerprint density at radius 3 is 1.58 bits per heavy atom. The Hall–Kier alpha value is -1.59. The van der Waals surface area contributed by atoms with Gasteiger partial charge in [0.25, 0.3) is 5.82 Å². The normalized spacial score (nSPS) is 11.6. The Morgan fingerprint density at radius 2 is 1.10 bits per heavy atom. The zero-order valence-electron chi connectivity index (χ0n) is 31.6. The second kappa shape index (κ2) is 36.7. The molecule has 1 N–H and O–H groups in total. The van der Waals surface area contributed by atoms with E-state index in [4.69, 9.17) is 4.74 Å². The number of hydrogen-bond acceptors (Lipinski definition) is 3. The summed E-state index contributed by atoms with van der Waals surface area (Å²) in [5, 5.41) is 9.53. The maximum atomic E-state index is 12.3. The van der Waals surface area contributed by atoms with Crippen LogP contribution in [-0.2, 0) is 29.0 Å². The molecule has 0 aliphatic carbocycles. The van der Waals surface area contributed by atoms with Crippen molar-refractivity contribution in [3.8, 4) is 0 Å². The van der Waals surface area contributed by atoms with Gasteiger partial charge in [0.05, 0.1) is 6.61 Å². The summed E-state index contributed by atoms with van der Waals surface area (Å²) >= 11 is 0. The van der Waals surface area contributed by atoms with E-state index in [-0.39, 0.29) is 25.0 Å². The zero-order valence-corrected chi connectivity index (χ0v) is 32.4. The van der Waals surface area contributed by atoms with E-state index in [9.17, 15) is 9.90 Å². The summed E-state index contributed by atoms with van der Waals surface area (Å²) in [5.41, 5.74) is 0. The Labute approximate surface area is 303 Å². The van der Waals surface area contributed by atoms with Crippen LogP contribution in [0.25, 0.3) is 0 Å². The number of esters is 1. The van der Waals surface area contributed by atoms with Crippen LogP contribution in [-0.4, -0.2) is 28.9 Å². The van der Waals surface area contributed by atoms with E-state index in [0.29, 0.717) is 26.1 Å². The molecule has 0 fully saturated rings. The predicted molar refractivity (Wildman–Crippen MR) is 201 cm³/mol. The van der Waals surface area contributed by atoms with Gasteiger partial charge in [0.1, 0.15) is 32.1 Å². The molecule has 0 amide bonds. The summed E-state index contributed by atoms with van der Waals surface area (Å²) in [6, 6.07) is 0. The molecule has 0 aliphatic rings. The molecule has 0 aliphatic heterocycles. The highest BCUT2D eigenvalue weighted by molar-refractivity contribution is 5.69. The van der Waals surface area contributed by atoms with Gasteiger partial charge in [-0.1, -0.05) is 141 Å². The SMILES string of the molecule is CCCCCCCC/C=C\CCCCCCCC(=O)OCCn1cc[n+](CCO)c1CCCCCCC/C=C\CCCCCCCC.[Cl-]. The summed E-state index contributed by atoms with van der Waals surface area (Å²) in [7, 11) is 0. The van der Waals surface area contributed by atoms with E-state index in [1.54, 1.807) is 0 Å². The highest BCUT2D eigenvalue weighted by Crippen LogP contribution is 2.13. The lowest BCUT2D eigenvalue weighted by atomic mass is 10.1. The van der Waals surface area contributed by atoms with Gasteiger partial charge in [0.2, 0.25) is 0 Å². The fourth-order valence-electron chi connectivity index (χ4n) is 6.32. The smallest absolute Gasteiger partial charge is 0.305 e. The van der Waals surface area contributed by atoms with Crippen LogP contribution in [0.2, 0.25) is 0 Å². The van der Waals surface area contributed by atoms with Crippen molar-refractivity contribution in [2.24, 2.45) is 0 Å². The Kier molecular flexibility index (Phi) is 35.5. The van der Waals surface area contributed by atoms with Crippen LogP contribution in [0.3, 0.4) is 0 Å². The van der Waals surface area contributed by atoms with Gasteiger partial charge in [-0.25, -0.2) is 9.13 Å². The monoisotopic (exact) mass is 693 g/mol. The number of allylic oxidation sites excluding steroid dienone is 4. The molecule has 280 valence electrons. The molecular weight excluding hydrogens is 616 g/mol. The number of ether oxygens (including phenoxy) is 1. The fraction of sp³-hybridized carbons (Fsp3) is 0.810. The van der Waals surface area contributed by atoms with E-state index in [0.717, 1.165) is 25.7 Å². The molecule has 0 aromatic carbocycles. The maximum absolute atomic E-state index is 12.3. The Morgan fingerprint density at radius 1 is 0.667 bits per heavy atom. The topological polar surface area (TPSA) is 55.3 Å². The number of hydrogen-bond donors (Lipinski definition) is 1. The third-order valence-corrected chi connectivity index (χ3v) is 9.33. The summed E-state index contributed by atoms with van der Waals surface area (Å²) in [4.78, 5) is 12.3. The lowest BCUT2D eigenvalue weighted by Crippen LogP contribution is -3.00. The van der Waals surface area contributed by atoms with Crippen molar-refractivity contribution in [1.29, 1.82) is 0 Å². The minimum atomic E-state index is -0.0724. The van der Waals surface area contributed by atoms with Crippen molar-refractivity contribution in [3.63, 3.8) is 0 Å². The van der Waals surface area contributed by atoms with Crippen molar-refractivity contribution in [3.05, 3.63) is 42.5 Å². The average molecular weight is 694 g/mol. The quantitative estimate of drug-likeness (QED) is 0.0336. The first kappa shape index (κ1) is 46.4. The predicted octanol–water partition coefficient (Wildman–Crippen LogP) is 8.54. The highest BCUT2D eigenvalue weighted by atomic mass is 35.5. The van der Waals surface area contributed by atoms with E-state index >= 15 is 0 Å². The number of rotatable bonds is 35. The first-order chi connectivity index (χ1) is 23.2. The zero-order chi connectivity index (χ0) is 33.9. The lowest BCUT2D eigenvalue weighted by molar-refractivity contribution is -0.705. The van der Waals surface area contributed by atoms with Gasteiger partial charge in [0, 0.05) is 12.8 Å². The molecule has 1 aromatic rings. The first-order valence-electron chi connectivity index (χ1n) is 20.4. The van der Waals surface area contributed by atoms with Crippen molar-refractivity contribution < 1.29 is 31.6 Å².